The van der Waals surface area contributed by atoms with Crippen molar-refractivity contribution in [2.75, 3.05) is 6.54 Å². The van der Waals surface area contributed by atoms with E-state index in [1.807, 2.05) is 30.3 Å². The normalized spacial score (nSPS) is 17.1. The van der Waals surface area contributed by atoms with Crippen LogP contribution in [-0.2, 0) is 23.8 Å². The number of nitrogens with zero attached hydrogens (tertiary/aromatic N) is 2. The van der Waals surface area contributed by atoms with Gasteiger partial charge in [0.15, 0.2) is 5.17 Å². The molecule has 4 rings (SSSR count). The number of alkyl halides is 3. The molecule has 0 bridgehead atoms. The molecular weight excluding hydrogens is 513 g/mol. The molecule has 3 aromatic carbocycles. The SMILES string of the molecule is O=C(O)c1ccc(N=C2SC(Cc3cc(C(F)(F)F)ccc3Cl)C(=O)N2CCc2ccccc2)cc1. The van der Waals surface area contributed by atoms with Gasteiger partial charge in [0.1, 0.15) is 0 Å². The fourth-order valence-corrected chi connectivity index (χ4v) is 5.12. The van der Waals surface area contributed by atoms with Gasteiger partial charge in [-0.2, -0.15) is 13.2 Å². The van der Waals surface area contributed by atoms with Crippen LogP contribution in [0.1, 0.15) is 27.0 Å². The van der Waals surface area contributed by atoms with E-state index in [1.165, 1.54) is 35.2 Å². The lowest BCUT2D eigenvalue weighted by Crippen LogP contribution is -2.34. The molecule has 0 radical (unpaired) electrons. The number of benzene rings is 3. The van der Waals surface area contributed by atoms with E-state index in [-0.39, 0.29) is 28.5 Å². The summed E-state index contributed by atoms with van der Waals surface area (Å²) in [6, 6.07) is 18.5. The maximum atomic E-state index is 13.3. The van der Waals surface area contributed by atoms with E-state index in [2.05, 4.69) is 4.99 Å². The summed E-state index contributed by atoms with van der Waals surface area (Å²) in [5.41, 5.74) is 0.979. The average Bonchev–Trinajstić information content (AvgIpc) is 3.13. The monoisotopic (exact) mass is 532 g/mol. The summed E-state index contributed by atoms with van der Waals surface area (Å²) >= 11 is 7.33. The van der Waals surface area contributed by atoms with E-state index in [9.17, 15) is 22.8 Å². The van der Waals surface area contributed by atoms with E-state index in [0.717, 1.165) is 29.5 Å². The van der Waals surface area contributed by atoms with Crippen molar-refractivity contribution in [1.82, 2.24) is 4.90 Å². The van der Waals surface area contributed by atoms with Gasteiger partial charge in [0.2, 0.25) is 5.91 Å². The quantitative estimate of drug-likeness (QED) is 0.378. The van der Waals surface area contributed by atoms with Crippen molar-refractivity contribution in [3.05, 3.63) is 100 Å². The second-order valence-electron chi connectivity index (χ2n) is 8.09. The number of thioether (sulfide) groups is 1. The number of halogens is 4. The Hall–Kier alpha value is -3.30. The standard InChI is InChI=1S/C26H20ClF3N2O3S/c27-21-11-8-19(26(28,29)30)14-18(21)15-22-23(33)32(13-12-16-4-2-1-3-5-16)25(36-22)31-20-9-6-17(7-10-20)24(34)35/h1-11,14,22H,12-13,15H2,(H,34,35). The molecule has 0 aromatic heterocycles. The lowest BCUT2D eigenvalue weighted by Gasteiger charge is -2.17. The number of aliphatic imine (C=N–C) groups is 1. The number of rotatable bonds is 7. The minimum Gasteiger partial charge on any atom is -0.478 e. The lowest BCUT2D eigenvalue weighted by molar-refractivity contribution is -0.137. The summed E-state index contributed by atoms with van der Waals surface area (Å²) in [5.74, 6) is -1.34. The third kappa shape index (κ3) is 6.09. The Morgan fingerprint density at radius 2 is 1.75 bits per heavy atom. The van der Waals surface area contributed by atoms with Crippen molar-refractivity contribution < 1.29 is 27.9 Å². The predicted molar refractivity (Wildman–Crippen MR) is 134 cm³/mol. The number of carbonyl (C=O) groups is 2. The van der Waals surface area contributed by atoms with E-state index in [4.69, 9.17) is 16.7 Å². The van der Waals surface area contributed by atoms with Crippen LogP contribution in [0.4, 0.5) is 18.9 Å². The molecule has 0 spiro atoms. The molecule has 1 saturated heterocycles. The zero-order valence-corrected chi connectivity index (χ0v) is 20.3. The highest BCUT2D eigenvalue weighted by atomic mass is 35.5. The summed E-state index contributed by atoms with van der Waals surface area (Å²) < 4.78 is 39.7. The van der Waals surface area contributed by atoms with E-state index >= 15 is 0 Å². The Kier molecular flexibility index (Phi) is 7.70. The van der Waals surface area contributed by atoms with Gasteiger partial charge in [-0.05, 0) is 66.4 Å². The molecule has 1 aliphatic heterocycles. The molecule has 0 saturated carbocycles. The van der Waals surface area contributed by atoms with Crippen molar-refractivity contribution in [3.8, 4) is 0 Å². The van der Waals surface area contributed by atoms with Gasteiger partial charge in [0.05, 0.1) is 22.1 Å². The van der Waals surface area contributed by atoms with Crippen LogP contribution in [0.15, 0.2) is 77.8 Å². The number of amides is 1. The number of carboxylic acids is 1. The number of carboxylic acid groups (broad SMARTS) is 1. The number of hydrogen-bond donors (Lipinski definition) is 1. The first-order valence-corrected chi connectivity index (χ1v) is 12.2. The molecule has 3 aromatic rings. The van der Waals surface area contributed by atoms with Gasteiger partial charge in [-0.1, -0.05) is 53.7 Å². The molecule has 1 heterocycles. The number of carbonyl (C=O) groups excluding carboxylic acids is 1. The third-order valence-corrected chi connectivity index (χ3v) is 7.15. The van der Waals surface area contributed by atoms with Crippen molar-refractivity contribution in [2.24, 2.45) is 4.99 Å². The Morgan fingerprint density at radius 3 is 2.39 bits per heavy atom. The van der Waals surface area contributed by atoms with Crippen LogP contribution in [0.5, 0.6) is 0 Å². The molecule has 1 fully saturated rings. The van der Waals surface area contributed by atoms with Crippen LogP contribution in [-0.4, -0.2) is 38.8 Å². The highest BCUT2D eigenvalue weighted by Gasteiger charge is 2.39. The van der Waals surface area contributed by atoms with E-state index < -0.39 is 23.0 Å². The maximum absolute atomic E-state index is 13.3. The van der Waals surface area contributed by atoms with Gasteiger partial charge in [-0.15, -0.1) is 0 Å². The van der Waals surface area contributed by atoms with Crippen molar-refractivity contribution in [2.45, 2.75) is 24.3 Å². The summed E-state index contributed by atoms with van der Waals surface area (Å²) in [7, 11) is 0. The van der Waals surface area contributed by atoms with Gasteiger partial charge in [0, 0.05) is 11.6 Å². The molecule has 1 N–H and O–H groups in total. The number of aromatic carboxylic acids is 1. The Bertz CT molecular complexity index is 1300. The average molecular weight is 533 g/mol. The molecule has 186 valence electrons. The van der Waals surface area contributed by atoms with Crippen molar-refractivity contribution in [1.29, 1.82) is 0 Å². The molecule has 1 aliphatic rings. The first kappa shape index (κ1) is 25.8. The zero-order chi connectivity index (χ0) is 25.9. The molecule has 1 atom stereocenters. The summed E-state index contributed by atoms with van der Waals surface area (Å²) in [4.78, 5) is 30.6. The Labute approximate surface area is 214 Å². The van der Waals surface area contributed by atoms with E-state index in [1.54, 1.807) is 0 Å². The highest BCUT2D eigenvalue weighted by molar-refractivity contribution is 8.15. The maximum Gasteiger partial charge on any atom is 0.416 e. The molecule has 10 heteroatoms. The molecule has 5 nitrogen and oxygen atoms in total. The van der Waals surface area contributed by atoms with Crippen molar-refractivity contribution >= 4 is 46.1 Å². The van der Waals surface area contributed by atoms with Gasteiger partial charge in [0.25, 0.3) is 0 Å². The van der Waals surface area contributed by atoms with Crippen LogP contribution in [0.25, 0.3) is 0 Å². The summed E-state index contributed by atoms with van der Waals surface area (Å²) in [6.45, 7) is 0.328. The predicted octanol–water partition coefficient (Wildman–Crippen LogP) is 6.47. The largest absolute Gasteiger partial charge is 0.478 e. The van der Waals surface area contributed by atoms with E-state index in [0.29, 0.717) is 23.8 Å². The zero-order valence-electron chi connectivity index (χ0n) is 18.7. The second kappa shape index (κ2) is 10.8. The molecule has 0 aliphatic carbocycles. The second-order valence-corrected chi connectivity index (χ2v) is 9.66. The minimum absolute atomic E-state index is 0.00502. The molecular formula is C26H20ClF3N2O3S. The van der Waals surface area contributed by atoms with Gasteiger partial charge in [-0.3, -0.25) is 9.69 Å². The smallest absolute Gasteiger partial charge is 0.416 e. The molecule has 1 amide bonds. The molecule has 36 heavy (non-hydrogen) atoms. The third-order valence-electron chi connectivity index (χ3n) is 5.60. The fraction of sp³-hybridized carbons (Fsp3) is 0.192. The lowest BCUT2D eigenvalue weighted by atomic mass is 10.0. The minimum atomic E-state index is -4.53. The van der Waals surface area contributed by atoms with Crippen LogP contribution in [0.3, 0.4) is 0 Å². The first-order chi connectivity index (χ1) is 17.1. The summed E-state index contributed by atoms with van der Waals surface area (Å²) in [5, 5.41) is 8.95. The first-order valence-electron chi connectivity index (χ1n) is 10.9. The fourth-order valence-electron chi connectivity index (χ4n) is 3.71. The van der Waals surface area contributed by atoms with Crippen LogP contribution >= 0.6 is 23.4 Å². The van der Waals surface area contributed by atoms with Crippen LogP contribution in [0, 0.1) is 0 Å². The van der Waals surface area contributed by atoms with Gasteiger partial charge in [-0.25, -0.2) is 9.79 Å². The number of hydrogen-bond acceptors (Lipinski definition) is 4. The molecule has 1 unspecified atom stereocenters. The topological polar surface area (TPSA) is 70.0 Å². The van der Waals surface area contributed by atoms with Crippen LogP contribution in [0.2, 0.25) is 5.02 Å². The summed E-state index contributed by atoms with van der Waals surface area (Å²) in [6.07, 6.45) is -3.96. The highest BCUT2D eigenvalue weighted by Crippen LogP contribution is 2.36. The Morgan fingerprint density at radius 1 is 1.06 bits per heavy atom. The van der Waals surface area contributed by atoms with Crippen molar-refractivity contribution in [3.63, 3.8) is 0 Å². The van der Waals surface area contributed by atoms with Gasteiger partial charge < -0.3 is 5.11 Å². The van der Waals surface area contributed by atoms with Gasteiger partial charge >= 0.3 is 12.1 Å². The number of amidine groups is 1. The van der Waals surface area contributed by atoms with Crippen LogP contribution < -0.4 is 0 Å². The Balaban J connectivity index is 1.61.